The number of likely N-dealkylation sites (N-methyl/N-ethyl adjacent to an activating group) is 1. The minimum atomic E-state index is 0.0863. The molecule has 1 heterocycles. The van der Waals surface area contributed by atoms with Gasteiger partial charge in [-0.05, 0) is 7.05 Å². The quantitative estimate of drug-likeness (QED) is 0.861. The van der Waals surface area contributed by atoms with Crippen LogP contribution in [0.1, 0.15) is 31.3 Å². The van der Waals surface area contributed by atoms with E-state index in [-0.39, 0.29) is 5.41 Å². The molecule has 4 nitrogen and oxygen atoms in total. The molecule has 0 bridgehead atoms. The van der Waals surface area contributed by atoms with Crippen molar-refractivity contribution in [2.24, 2.45) is 0 Å². The van der Waals surface area contributed by atoms with E-state index in [1.165, 1.54) is 10.6 Å². The van der Waals surface area contributed by atoms with Crippen LogP contribution in [0.15, 0.2) is 0 Å². The molecule has 0 amide bonds. The normalized spacial score (nSPS) is 11.9. The van der Waals surface area contributed by atoms with E-state index in [2.05, 4.69) is 38.0 Å². The molecule has 0 saturated heterocycles. The van der Waals surface area contributed by atoms with Gasteiger partial charge in [-0.1, -0.05) is 20.8 Å². The number of nitrogens with zero attached hydrogens (tertiary/aromatic N) is 2. The van der Waals surface area contributed by atoms with Crippen LogP contribution in [0.3, 0.4) is 0 Å². The van der Waals surface area contributed by atoms with Crippen molar-refractivity contribution in [1.82, 2.24) is 10.3 Å². The van der Waals surface area contributed by atoms with Crippen molar-refractivity contribution in [3.8, 4) is 0 Å². The topological polar surface area (TPSA) is 37.4 Å². The zero-order valence-electron chi connectivity index (χ0n) is 12.3. The lowest BCUT2D eigenvalue weighted by molar-refractivity contribution is 0.206. The van der Waals surface area contributed by atoms with E-state index in [0.29, 0.717) is 0 Å². The number of nitrogens with one attached hydrogen (secondary N) is 1. The second-order valence-corrected chi connectivity index (χ2v) is 6.52. The third-order valence-corrected chi connectivity index (χ3v) is 3.86. The Labute approximate surface area is 114 Å². The summed E-state index contributed by atoms with van der Waals surface area (Å²) in [5, 5.41) is 4.29. The van der Waals surface area contributed by atoms with Crippen molar-refractivity contribution >= 4 is 16.5 Å². The predicted molar refractivity (Wildman–Crippen MR) is 78.7 cm³/mol. The first-order chi connectivity index (χ1) is 8.40. The maximum Gasteiger partial charge on any atom is 0.185 e. The Hall–Kier alpha value is -0.650. The molecule has 0 aromatic carbocycles. The van der Waals surface area contributed by atoms with Gasteiger partial charge in [0.25, 0.3) is 0 Å². The van der Waals surface area contributed by atoms with Crippen molar-refractivity contribution in [1.29, 1.82) is 0 Å². The maximum absolute atomic E-state index is 5.11. The Morgan fingerprint density at radius 2 is 2.06 bits per heavy atom. The molecule has 18 heavy (non-hydrogen) atoms. The highest BCUT2D eigenvalue weighted by atomic mass is 32.1. The van der Waals surface area contributed by atoms with Crippen LogP contribution in [-0.4, -0.2) is 39.3 Å². The summed E-state index contributed by atoms with van der Waals surface area (Å²) in [5.41, 5.74) is 1.28. The molecule has 1 aromatic rings. The zero-order chi connectivity index (χ0) is 13.8. The second-order valence-electron chi connectivity index (χ2n) is 5.46. The Bertz CT molecular complexity index is 371. The van der Waals surface area contributed by atoms with Gasteiger partial charge in [0.2, 0.25) is 0 Å². The third-order valence-electron chi connectivity index (χ3n) is 2.69. The van der Waals surface area contributed by atoms with E-state index in [9.17, 15) is 0 Å². The molecule has 104 valence electrons. The molecule has 0 saturated carbocycles. The molecular weight excluding hydrogens is 246 g/mol. The standard InChI is InChI=1S/C13H25N3OS/c1-13(2,3)11-10(9-14-4)18-12(15-11)16(5)7-8-17-6/h14H,7-9H2,1-6H3. The SMILES string of the molecule is CNCc1sc(N(C)CCOC)nc1C(C)(C)C. The number of rotatable bonds is 6. The fourth-order valence-electron chi connectivity index (χ4n) is 1.69. The number of hydrogen-bond donors (Lipinski definition) is 1. The van der Waals surface area contributed by atoms with Gasteiger partial charge in [-0.25, -0.2) is 4.98 Å². The van der Waals surface area contributed by atoms with Crippen LogP contribution >= 0.6 is 11.3 Å². The number of methoxy groups -OCH3 is 1. The Kier molecular flexibility index (Phi) is 5.56. The van der Waals surface area contributed by atoms with E-state index < -0.39 is 0 Å². The summed E-state index contributed by atoms with van der Waals surface area (Å²) in [7, 11) is 5.76. The second kappa shape index (κ2) is 6.50. The van der Waals surface area contributed by atoms with Crippen LogP contribution in [0.5, 0.6) is 0 Å². The lowest BCUT2D eigenvalue weighted by atomic mass is 9.91. The van der Waals surface area contributed by atoms with Crippen molar-refractivity contribution < 1.29 is 4.74 Å². The van der Waals surface area contributed by atoms with Gasteiger partial charge in [0.05, 0.1) is 12.3 Å². The number of anilines is 1. The molecule has 0 spiro atoms. The van der Waals surface area contributed by atoms with Crippen LogP contribution in [0, 0.1) is 0 Å². The maximum atomic E-state index is 5.11. The van der Waals surface area contributed by atoms with Gasteiger partial charge in [-0.2, -0.15) is 0 Å². The van der Waals surface area contributed by atoms with Crippen molar-refractivity contribution in [3.63, 3.8) is 0 Å². The number of aromatic nitrogens is 1. The van der Waals surface area contributed by atoms with Gasteiger partial charge in [0.15, 0.2) is 5.13 Å². The summed E-state index contributed by atoms with van der Waals surface area (Å²) in [4.78, 5) is 8.28. The molecular formula is C13H25N3OS. The first-order valence-electron chi connectivity index (χ1n) is 6.25. The lowest BCUT2D eigenvalue weighted by Crippen LogP contribution is -2.22. The van der Waals surface area contributed by atoms with E-state index in [1.54, 1.807) is 18.4 Å². The summed E-state index contributed by atoms with van der Waals surface area (Å²) in [6, 6.07) is 0. The predicted octanol–water partition coefficient (Wildman–Crippen LogP) is 2.24. The molecule has 0 atom stereocenters. The number of thiazole rings is 1. The highest BCUT2D eigenvalue weighted by molar-refractivity contribution is 7.15. The van der Waals surface area contributed by atoms with Gasteiger partial charge in [-0.15, -0.1) is 11.3 Å². The van der Waals surface area contributed by atoms with Crippen LogP contribution in [0.25, 0.3) is 0 Å². The molecule has 1 aromatic heterocycles. The Balaban J connectivity index is 2.94. The van der Waals surface area contributed by atoms with Crippen LogP contribution in [-0.2, 0) is 16.7 Å². The zero-order valence-corrected chi connectivity index (χ0v) is 13.1. The van der Waals surface area contributed by atoms with Gasteiger partial charge in [0.1, 0.15) is 0 Å². The third kappa shape index (κ3) is 3.93. The Morgan fingerprint density at radius 3 is 2.56 bits per heavy atom. The number of hydrogen-bond acceptors (Lipinski definition) is 5. The Morgan fingerprint density at radius 1 is 1.39 bits per heavy atom. The van der Waals surface area contributed by atoms with Crippen molar-refractivity contribution in [2.45, 2.75) is 32.7 Å². The van der Waals surface area contributed by atoms with Crippen LogP contribution in [0.2, 0.25) is 0 Å². The van der Waals surface area contributed by atoms with Crippen molar-refractivity contribution in [2.75, 3.05) is 39.3 Å². The molecule has 0 radical (unpaired) electrons. The van der Waals surface area contributed by atoms with Crippen LogP contribution in [0.4, 0.5) is 5.13 Å². The molecule has 1 rings (SSSR count). The van der Waals surface area contributed by atoms with Gasteiger partial charge in [0, 0.05) is 37.5 Å². The van der Waals surface area contributed by atoms with Gasteiger partial charge < -0.3 is 15.0 Å². The molecule has 0 unspecified atom stereocenters. The molecule has 0 aliphatic carbocycles. The summed E-state index contributed by atoms with van der Waals surface area (Å²) in [6.45, 7) is 9.09. The van der Waals surface area contributed by atoms with E-state index in [4.69, 9.17) is 9.72 Å². The monoisotopic (exact) mass is 271 g/mol. The smallest absolute Gasteiger partial charge is 0.185 e. The summed E-state index contributed by atoms with van der Waals surface area (Å²) in [5.74, 6) is 0. The summed E-state index contributed by atoms with van der Waals surface area (Å²) >= 11 is 1.77. The molecule has 1 N–H and O–H groups in total. The van der Waals surface area contributed by atoms with Gasteiger partial charge >= 0.3 is 0 Å². The fourth-order valence-corrected chi connectivity index (χ4v) is 2.96. The van der Waals surface area contributed by atoms with E-state index in [1.807, 2.05) is 7.05 Å². The average molecular weight is 271 g/mol. The molecule has 0 aliphatic rings. The summed E-state index contributed by atoms with van der Waals surface area (Å²) in [6.07, 6.45) is 0. The lowest BCUT2D eigenvalue weighted by Gasteiger charge is -2.18. The van der Waals surface area contributed by atoms with Gasteiger partial charge in [-0.3, -0.25) is 0 Å². The molecule has 0 aliphatic heterocycles. The fraction of sp³-hybridized carbons (Fsp3) is 0.769. The minimum absolute atomic E-state index is 0.0863. The number of ether oxygens (including phenoxy) is 1. The first-order valence-corrected chi connectivity index (χ1v) is 7.06. The highest BCUT2D eigenvalue weighted by Gasteiger charge is 2.23. The first kappa shape index (κ1) is 15.4. The van der Waals surface area contributed by atoms with E-state index in [0.717, 1.165) is 24.8 Å². The van der Waals surface area contributed by atoms with Crippen LogP contribution < -0.4 is 10.2 Å². The van der Waals surface area contributed by atoms with Crippen molar-refractivity contribution in [3.05, 3.63) is 10.6 Å². The highest BCUT2D eigenvalue weighted by Crippen LogP contribution is 2.33. The molecule has 0 fully saturated rings. The minimum Gasteiger partial charge on any atom is -0.383 e. The molecule has 5 heteroatoms. The largest absolute Gasteiger partial charge is 0.383 e. The average Bonchev–Trinajstić information content (AvgIpc) is 2.70. The van der Waals surface area contributed by atoms with E-state index >= 15 is 0 Å². The summed E-state index contributed by atoms with van der Waals surface area (Å²) < 4.78 is 5.11.